The molecule has 0 bridgehead atoms. The largest absolute Gasteiger partial charge is 0.505 e. The minimum absolute atomic E-state index is 0.0488. The van der Waals surface area contributed by atoms with Gasteiger partial charge in [0.25, 0.3) is 0 Å². The summed E-state index contributed by atoms with van der Waals surface area (Å²) in [6.07, 6.45) is 1.68. The first-order valence-corrected chi connectivity index (χ1v) is 8.81. The highest BCUT2D eigenvalue weighted by Crippen LogP contribution is 2.24. The van der Waals surface area contributed by atoms with Crippen LogP contribution >= 0.6 is 0 Å². The highest BCUT2D eigenvalue weighted by Gasteiger charge is 2.23. The number of hydrogen-bond acceptors (Lipinski definition) is 5. The van der Waals surface area contributed by atoms with E-state index in [9.17, 15) is 14.3 Å². The Hall–Kier alpha value is -3.22. The number of phenolic OH excluding ortho intramolecular Hbond substituents is 1. The number of amides is 1. The van der Waals surface area contributed by atoms with Gasteiger partial charge in [0.1, 0.15) is 12.1 Å². The molecule has 2 heterocycles. The van der Waals surface area contributed by atoms with Gasteiger partial charge in [-0.2, -0.15) is 0 Å². The molecule has 0 saturated carbocycles. The van der Waals surface area contributed by atoms with Crippen molar-refractivity contribution in [2.45, 2.75) is 6.42 Å². The number of para-hydroxylation sites is 1. The summed E-state index contributed by atoms with van der Waals surface area (Å²) in [5.74, 6) is -0.279. The van der Waals surface area contributed by atoms with Crippen LogP contribution in [0.5, 0.6) is 5.75 Å². The third-order valence-corrected chi connectivity index (χ3v) is 4.82. The topological polar surface area (TPSA) is 69.6 Å². The van der Waals surface area contributed by atoms with Gasteiger partial charge in [0.05, 0.1) is 11.9 Å². The second-order valence-electron chi connectivity index (χ2n) is 6.54. The van der Waals surface area contributed by atoms with Gasteiger partial charge >= 0.3 is 0 Å². The molecular weight excluding hydrogens is 347 g/mol. The number of nitrogens with zero attached hydrogens (tertiary/aromatic N) is 4. The molecule has 0 radical (unpaired) electrons. The van der Waals surface area contributed by atoms with E-state index < -0.39 is 11.6 Å². The van der Waals surface area contributed by atoms with Gasteiger partial charge in [-0.3, -0.25) is 4.79 Å². The summed E-state index contributed by atoms with van der Waals surface area (Å²) in [5, 5.41) is 10.3. The number of carbonyl (C=O) groups is 1. The quantitative estimate of drug-likeness (QED) is 0.771. The Balaban J connectivity index is 1.42. The molecule has 3 aromatic rings. The van der Waals surface area contributed by atoms with Gasteiger partial charge in [-0.1, -0.05) is 18.2 Å². The van der Waals surface area contributed by atoms with Crippen LogP contribution in [0.2, 0.25) is 0 Å². The van der Waals surface area contributed by atoms with Crippen molar-refractivity contribution in [3.05, 3.63) is 60.2 Å². The Morgan fingerprint density at radius 3 is 2.63 bits per heavy atom. The Kier molecular flexibility index (Phi) is 4.58. The first-order valence-electron chi connectivity index (χ1n) is 8.81. The van der Waals surface area contributed by atoms with Gasteiger partial charge < -0.3 is 14.9 Å². The molecule has 7 heteroatoms. The van der Waals surface area contributed by atoms with Crippen molar-refractivity contribution >= 4 is 22.6 Å². The second kappa shape index (κ2) is 7.19. The van der Waals surface area contributed by atoms with Crippen molar-refractivity contribution in [2.24, 2.45) is 0 Å². The molecule has 0 aliphatic carbocycles. The van der Waals surface area contributed by atoms with E-state index in [1.54, 1.807) is 17.3 Å². The van der Waals surface area contributed by atoms with Crippen LogP contribution < -0.4 is 4.90 Å². The fraction of sp³-hybridized carbons (Fsp3) is 0.250. The van der Waals surface area contributed by atoms with E-state index in [1.807, 2.05) is 24.3 Å². The number of hydrogen-bond donors (Lipinski definition) is 1. The second-order valence-corrected chi connectivity index (χ2v) is 6.54. The van der Waals surface area contributed by atoms with Crippen LogP contribution in [0.4, 0.5) is 10.2 Å². The molecule has 1 fully saturated rings. The first kappa shape index (κ1) is 17.2. The zero-order valence-electron chi connectivity index (χ0n) is 14.7. The van der Waals surface area contributed by atoms with Gasteiger partial charge in [0.15, 0.2) is 11.6 Å². The van der Waals surface area contributed by atoms with Crippen molar-refractivity contribution < 1.29 is 14.3 Å². The predicted octanol–water partition coefficient (Wildman–Crippen LogP) is 2.37. The number of anilines is 1. The number of carbonyl (C=O) groups excluding carboxylic acids is 1. The Labute approximate surface area is 155 Å². The van der Waals surface area contributed by atoms with E-state index in [1.165, 1.54) is 12.1 Å². The summed E-state index contributed by atoms with van der Waals surface area (Å²) in [5.41, 5.74) is 1.45. The Bertz CT molecular complexity index is 981. The third-order valence-electron chi connectivity index (χ3n) is 4.82. The van der Waals surface area contributed by atoms with Gasteiger partial charge in [0.2, 0.25) is 5.91 Å². The van der Waals surface area contributed by atoms with Crippen LogP contribution in [-0.4, -0.2) is 52.1 Å². The molecule has 1 aliphatic heterocycles. The lowest BCUT2D eigenvalue weighted by atomic mass is 10.1. The zero-order chi connectivity index (χ0) is 18.8. The zero-order valence-corrected chi connectivity index (χ0v) is 14.7. The smallest absolute Gasteiger partial charge is 0.227 e. The third kappa shape index (κ3) is 3.53. The minimum atomic E-state index is -0.708. The number of benzene rings is 2. The van der Waals surface area contributed by atoms with Gasteiger partial charge in [-0.25, -0.2) is 14.4 Å². The number of aromatic nitrogens is 2. The van der Waals surface area contributed by atoms with Gasteiger partial charge in [-0.05, 0) is 29.8 Å². The Morgan fingerprint density at radius 2 is 1.85 bits per heavy atom. The van der Waals surface area contributed by atoms with E-state index in [0.29, 0.717) is 31.7 Å². The summed E-state index contributed by atoms with van der Waals surface area (Å²) in [4.78, 5) is 25.2. The average Bonchev–Trinajstić information content (AvgIpc) is 2.70. The fourth-order valence-electron chi connectivity index (χ4n) is 3.36. The molecule has 138 valence electrons. The Morgan fingerprint density at radius 1 is 1.07 bits per heavy atom. The van der Waals surface area contributed by atoms with Crippen LogP contribution in [0.1, 0.15) is 5.56 Å². The monoisotopic (exact) mass is 366 g/mol. The lowest BCUT2D eigenvalue weighted by molar-refractivity contribution is -0.130. The van der Waals surface area contributed by atoms with Crippen LogP contribution in [0.3, 0.4) is 0 Å². The molecular formula is C20H19FN4O2. The molecule has 0 unspecified atom stereocenters. The SMILES string of the molecule is O=C(Cc1ccc(O)c(F)c1)N1CCN(c2ncnc3ccccc23)CC1. The van der Waals surface area contributed by atoms with Gasteiger partial charge in [-0.15, -0.1) is 0 Å². The number of rotatable bonds is 3. The first-order chi connectivity index (χ1) is 13.1. The summed E-state index contributed by atoms with van der Waals surface area (Å²) < 4.78 is 13.4. The molecule has 1 N–H and O–H groups in total. The standard InChI is InChI=1S/C20H19FN4O2/c21-16-11-14(5-6-18(16)26)12-19(27)24-7-9-25(10-8-24)20-15-3-1-2-4-17(15)22-13-23-20/h1-6,11,13,26H,7-10,12H2. The molecule has 27 heavy (non-hydrogen) atoms. The fourth-order valence-corrected chi connectivity index (χ4v) is 3.36. The van der Waals surface area contributed by atoms with Crippen molar-refractivity contribution in [2.75, 3.05) is 31.1 Å². The van der Waals surface area contributed by atoms with E-state index in [-0.39, 0.29) is 12.3 Å². The number of halogens is 1. The summed E-state index contributed by atoms with van der Waals surface area (Å²) in [6.45, 7) is 2.52. The van der Waals surface area contributed by atoms with Crippen LogP contribution in [-0.2, 0) is 11.2 Å². The summed E-state index contributed by atoms with van der Waals surface area (Å²) in [7, 11) is 0. The normalized spacial score (nSPS) is 14.6. The molecule has 0 spiro atoms. The van der Waals surface area contributed by atoms with Crippen molar-refractivity contribution in [3.63, 3.8) is 0 Å². The number of phenols is 1. The molecule has 1 aromatic heterocycles. The summed E-state index contributed by atoms with van der Waals surface area (Å²) >= 11 is 0. The van der Waals surface area contributed by atoms with Crippen molar-refractivity contribution in [1.29, 1.82) is 0 Å². The van der Waals surface area contributed by atoms with Crippen molar-refractivity contribution in [3.8, 4) is 5.75 Å². The minimum Gasteiger partial charge on any atom is -0.505 e. The predicted molar refractivity (Wildman–Crippen MR) is 100 cm³/mol. The number of aromatic hydroxyl groups is 1. The number of piperazine rings is 1. The highest BCUT2D eigenvalue weighted by atomic mass is 19.1. The van der Waals surface area contributed by atoms with E-state index >= 15 is 0 Å². The summed E-state index contributed by atoms with van der Waals surface area (Å²) in [6, 6.07) is 11.9. The molecule has 6 nitrogen and oxygen atoms in total. The maximum atomic E-state index is 13.4. The lowest BCUT2D eigenvalue weighted by Crippen LogP contribution is -2.49. The van der Waals surface area contributed by atoms with E-state index in [0.717, 1.165) is 16.7 Å². The van der Waals surface area contributed by atoms with Crippen molar-refractivity contribution in [1.82, 2.24) is 14.9 Å². The average molecular weight is 366 g/mol. The molecule has 1 amide bonds. The van der Waals surface area contributed by atoms with Crippen LogP contribution in [0.25, 0.3) is 10.9 Å². The molecule has 2 aromatic carbocycles. The molecule has 1 saturated heterocycles. The van der Waals surface area contributed by atoms with Gasteiger partial charge in [0, 0.05) is 31.6 Å². The number of fused-ring (bicyclic) bond motifs is 1. The maximum Gasteiger partial charge on any atom is 0.227 e. The van der Waals surface area contributed by atoms with Crippen LogP contribution in [0, 0.1) is 5.82 Å². The lowest BCUT2D eigenvalue weighted by Gasteiger charge is -2.35. The molecule has 1 aliphatic rings. The van der Waals surface area contributed by atoms with Crippen LogP contribution in [0.15, 0.2) is 48.8 Å². The van der Waals surface area contributed by atoms with E-state index in [2.05, 4.69) is 14.9 Å². The highest BCUT2D eigenvalue weighted by molar-refractivity contribution is 5.89. The molecule has 0 atom stereocenters. The molecule has 4 rings (SSSR count). The van der Waals surface area contributed by atoms with E-state index in [4.69, 9.17) is 0 Å². The maximum absolute atomic E-state index is 13.4.